The average Bonchev–Trinajstić information content (AvgIpc) is 3.07. The molecule has 1 aliphatic heterocycles. The van der Waals surface area contributed by atoms with Crippen LogP contribution in [-0.4, -0.2) is 38.7 Å². The summed E-state index contributed by atoms with van der Waals surface area (Å²) in [5, 5.41) is 0. The molecule has 1 saturated heterocycles. The molecule has 0 bridgehead atoms. The van der Waals surface area contributed by atoms with Gasteiger partial charge < -0.3 is 19.1 Å². The maximum absolute atomic E-state index is 12.8. The molecular formula is C21H21NO5. The minimum atomic E-state index is -0.618. The van der Waals surface area contributed by atoms with Crippen LogP contribution < -0.4 is 9.64 Å². The summed E-state index contributed by atoms with van der Waals surface area (Å²) in [6.07, 6.45) is 1.25. The molecule has 3 rings (SSSR count). The third kappa shape index (κ3) is 3.95. The highest BCUT2D eigenvalue weighted by Gasteiger charge is 2.35. The van der Waals surface area contributed by atoms with Crippen molar-refractivity contribution in [3.05, 3.63) is 66.4 Å². The molecule has 0 aliphatic carbocycles. The van der Waals surface area contributed by atoms with E-state index in [1.165, 1.54) is 20.5 Å². The van der Waals surface area contributed by atoms with Crippen LogP contribution in [0.3, 0.4) is 0 Å². The van der Waals surface area contributed by atoms with Crippen molar-refractivity contribution in [3.63, 3.8) is 0 Å². The maximum atomic E-state index is 12.8. The van der Waals surface area contributed by atoms with Crippen molar-refractivity contribution in [2.45, 2.75) is 12.5 Å². The van der Waals surface area contributed by atoms with Crippen LogP contribution in [0.5, 0.6) is 5.75 Å². The Kier molecular flexibility index (Phi) is 5.76. The predicted octanol–water partition coefficient (Wildman–Crippen LogP) is 3.03. The van der Waals surface area contributed by atoms with E-state index in [0.717, 1.165) is 5.69 Å². The maximum Gasteiger partial charge on any atom is 0.341 e. The van der Waals surface area contributed by atoms with Crippen LogP contribution in [0.1, 0.15) is 12.0 Å². The predicted molar refractivity (Wildman–Crippen MR) is 101 cm³/mol. The number of ether oxygens (including phenoxy) is 3. The molecule has 1 atom stereocenters. The van der Waals surface area contributed by atoms with Gasteiger partial charge in [0.05, 0.1) is 20.5 Å². The topological polar surface area (TPSA) is 65.1 Å². The van der Waals surface area contributed by atoms with E-state index >= 15 is 0 Å². The Bertz CT molecular complexity index is 847. The number of anilines is 1. The number of esters is 1. The minimum absolute atomic E-state index is 0.105. The highest BCUT2D eigenvalue weighted by molar-refractivity contribution is 6.17. The summed E-state index contributed by atoms with van der Waals surface area (Å²) in [6.45, 7) is 0.577. The lowest BCUT2D eigenvalue weighted by molar-refractivity contribution is -0.133. The van der Waals surface area contributed by atoms with Gasteiger partial charge in [-0.25, -0.2) is 4.79 Å². The second-order valence-electron chi connectivity index (χ2n) is 5.98. The minimum Gasteiger partial charge on any atom is -0.503 e. The van der Waals surface area contributed by atoms with Crippen LogP contribution >= 0.6 is 0 Å². The molecule has 0 saturated carbocycles. The molecule has 140 valence electrons. The molecule has 1 heterocycles. The molecule has 1 unspecified atom stereocenters. The van der Waals surface area contributed by atoms with Gasteiger partial charge in [0, 0.05) is 24.2 Å². The zero-order chi connectivity index (χ0) is 19.2. The van der Waals surface area contributed by atoms with Gasteiger partial charge >= 0.3 is 5.97 Å². The number of hydrogen-bond donors (Lipinski definition) is 0. The summed E-state index contributed by atoms with van der Waals surface area (Å²) < 4.78 is 15.8. The molecule has 0 N–H and O–H groups in total. The fraction of sp³-hybridized carbons (Fsp3) is 0.238. The summed E-state index contributed by atoms with van der Waals surface area (Å²) in [4.78, 5) is 26.6. The monoisotopic (exact) mass is 367 g/mol. The van der Waals surface area contributed by atoms with Gasteiger partial charge in [-0.15, -0.1) is 0 Å². The van der Waals surface area contributed by atoms with Gasteiger partial charge in [0.1, 0.15) is 11.3 Å². The van der Waals surface area contributed by atoms with Crippen LogP contribution in [0.25, 0.3) is 5.57 Å². The Balaban J connectivity index is 1.84. The summed E-state index contributed by atoms with van der Waals surface area (Å²) in [5.74, 6) is -0.220. The van der Waals surface area contributed by atoms with Crippen molar-refractivity contribution in [1.82, 2.24) is 0 Å². The van der Waals surface area contributed by atoms with Crippen LogP contribution in [0.2, 0.25) is 0 Å². The zero-order valence-electron chi connectivity index (χ0n) is 15.3. The average molecular weight is 367 g/mol. The van der Waals surface area contributed by atoms with E-state index in [0.29, 0.717) is 24.3 Å². The quantitative estimate of drug-likeness (QED) is 0.446. The van der Waals surface area contributed by atoms with Crippen molar-refractivity contribution in [3.8, 4) is 5.75 Å². The Morgan fingerprint density at radius 3 is 2.48 bits per heavy atom. The van der Waals surface area contributed by atoms with Gasteiger partial charge in [-0.05, 0) is 18.2 Å². The van der Waals surface area contributed by atoms with Gasteiger partial charge in [-0.2, -0.15) is 0 Å². The molecule has 2 aromatic carbocycles. The molecule has 2 aromatic rings. The molecule has 1 aliphatic rings. The van der Waals surface area contributed by atoms with E-state index < -0.39 is 12.1 Å². The molecular weight excluding hydrogens is 346 g/mol. The van der Waals surface area contributed by atoms with Crippen molar-refractivity contribution < 1.29 is 23.8 Å². The number of para-hydroxylation sites is 2. The van der Waals surface area contributed by atoms with E-state index in [1.54, 1.807) is 29.2 Å². The highest BCUT2D eigenvalue weighted by Crippen LogP contribution is 2.30. The number of carbonyl (C=O) groups excluding carboxylic acids is 2. The normalized spacial score (nSPS) is 17.0. The zero-order valence-corrected chi connectivity index (χ0v) is 15.3. The molecule has 27 heavy (non-hydrogen) atoms. The molecule has 0 spiro atoms. The first kappa shape index (κ1) is 18.5. The first-order chi connectivity index (χ1) is 13.2. The third-order valence-corrected chi connectivity index (χ3v) is 4.31. The Hall–Kier alpha value is -3.28. The number of hydrogen-bond acceptors (Lipinski definition) is 5. The van der Waals surface area contributed by atoms with Crippen molar-refractivity contribution in [2.75, 3.05) is 25.7 Å². The highest BCUT2D eigenvalue weighted by atomic mass is 16.5. The standard InChI is InChI=1S/C21H21NO5/c1-25-14-17(21(24)26-2)16-10-6-7-11-18(16)27-19-12-13-22(20(19)23)15-8-4-3-5-9-15/h3-11,14,19H,12-13H2,1-2H3. The first-order valence-corrected chi connectivity index (χ1v) is 8.59. The SMILES string of the molecule is COC=C(C(=O)OC)c1ccccc1OC1CCN(c2ccccc2)C1=O. The number of amides is 1. The lowest BCUT2D eigenvalue weighted by atomic mass is 10.1. The summed E-state index contributed by atoms with van der Waals surface area (Å²) in [6, 6.07) is 16.5. The van der Waals surface area contributed by atoms with Crippen molar-refractivity contribution in [1.29, 1.82) is 0 Å². The van der Waals surface area contributed by atoms with Gasteiger partial charge in [-0.3, -0.25) is 4.79 Å². The number of rotatable bonds is 6. The lowest BCUT2D eigenvalue weighted by Gasteiger charge is -2.18. The molecule has 6 nitrogen and oxygen atoms in total. The third-order valence-electron chi connectivity index (χ3n) is 4.31. The molecule has 1 fully saturated rings. The van der Waals surface area contributed by atoms with Gasteiger partial charge in [0.15, 0.2) is 6.10 Å². The number of nitrogens with zero attached hydrogens (tertiary/aromatic N) is 1. The largest absolute Gasteiger partial charge is 0.503 e. The summed E-state index contributed by atoms with van der Waals surface area (Å²) in [5.41, 5.74) is 1.58. The number of methoxy groups -OCH3 is 2. The second-order valence-corrected chi connectivity index (χ2v) is 5.98. The van der Waals surface area contributed by atoms with Crippen LogP contribution in [0.15, 0.2) is 60.9 Å². The fourth-order valence-electron chi connectivity index (χ4n) is 3.02. The fourth-order valence-corrected chi connectivity index (χ4v) is 3.02. The molecule has 0 radical (unpaired) electrons. The Morgan fingerprint density at radius 2 is 1.78 bits per heavy atom. The van der Waals surface area contributed by atoms with Crippen LogP contribution in [0.4, 0.5) is 5.69 Å². The van der Waals surface area contributed by atoms with E-state index in [1.807, 2.05) is 30.3 Å². The molecule has 6 heteroatoms. The first-order valence-electron chi connectivity index (χ1n) is 8.59. The van der Waals surface area contributed by atoms with E-state index in [4.69, 9.17) is 14.2 Å². The van der Waals surface area contributed by atoms with E-state index in [2.05, 4.69) is 0 Å². The summed E-state index contributed by atoms with van der Waals surface area (Å²) >= 11 is 0. The van der Waals surface area contributed by atoms with Crippen molar-refractivity contribution in [2.24, 2.45) is 0 Å². The van der Waals surface area contributed by atoms with Crippen molar-refractivity contribution >= 4 is 23.1 Å². The Labute approximate surface area is 158 Å². The van der Waals surface area contributed by atoms with Gasteiger partial charge in [0.2, 0.25) is 0 Å². The smallest absolute Gasteiger partial charge is 0.341 e. The molecule has 0 aromatic heterocycles. The number of carbonyl (C=O) groups is 2. The Morgan fingerprint density at radius 1 is 1.07 bits per heavy atom. The number of benzene rings is 2. The van der Waals surface area contributed by atoms with Crippen LogP contribution in [-0.2, 0) is 19.1 Å². The van der Waals surface area contributed by atoms with E-state index in [9.17, 15) is 9.59 Å². The van der Waals surface area contributed by atoms with Crippen LogP contribution in [0, 0.1) is 0 Å². The van der Waals surface area contributed by atoms with Gasteiger partial charge in [-0.1, -0.05) is 36.4 Å². The molecule has 1 amide bonds. The van der Waals surface area contributed by atoms with Gasteiger partial charge in [0.25, 0.3) is 5.91 Å². The lowest BCUT2D eigenvalue weighted by Crippen LogP contribution is -2.32. The van der Waals surface area contributed by atoms with E-state index in [-0.39, 0.29) is 11.5 Å². The summed E-state index contributed by atoms with van der Waals surface area (Å²) in [7, 11) is 2.75. The second kappa shape index (κ2) is 8.40.